The van der Waals surface area contributed by atoms with E-state index in [-0.39, 0.29) is 5.91 Å². The number of nitrogens with one attached hydrogen (secondary N) is 1. The van der Waals surface area contributed by atoms with Gasteiger partial charge in [0.2, 0.25) is 6.41 Å². The van der Waals surface area contributed by atoms with Gasteiger partial charge in [0.1, 0.15) is 0 Å². The van der Waals surface area contributed by atoms with Crippen LogP contribution in [0.1, 0.15) is 15.9 Å². The molecule has 1 aliphatic rings. The molecule has 1 fully saturated rings. The molecular formula is C19H21N3O2. The van der Waals surface area contributed by atoms with Crippen LogP contribution in [0, 0.1) is 6.92 Å². The van der Waals surface area contributed by atoms with Crippen molar-refractivity contribution in [2.45, 2.75) is 6.92 Å². The number of aryl methyl sites for hydroxylation is 1. The van der Waals surface area contributed by atoms with Gasteiger partial charge in [-0.1, -0.05) is 18.2 Å². The Morgan fingerprint density at radius 1 is 1.00 bits per heavy atom. The molecule has 2 amide bonds. The van der Waals surface area contributed by atoms with E-state index in [1.54, 1.807) is 0 Å². The molecule has 5 nitrogen and oxygen atoms in total. The van der Waals surface area contributed by atoms with Crippen molar-refractivity contribution in [3.8, 4) is 0 Å². The zero-order valence-electron chi connectivity index (χ0n) is 13.7. The third-order valence-corrected chi connectivity index (χ3v) is 4.40. The van der Waals surface area contributed by atoms with Crippen LogP contribution in [0.3, 0.4) is 0 Å². The Hall–Kier alpha value is -2.82. The number of amides is 2. The lowest BCUT2D eigenvalue weighted by Crippen LogP contribution is -2.48. The Morgan fingerprint density at radius 2 is 1.67 bits per heavy atom. The van der Waals surface area contributed by atoms with Crippen molar-refractivity contribution in [3.05, 3.63) is 59.7 Å². The lowest BCUT2D eigenvalue weighted by atomic mass is 10.1. The van der Waals surface area contributed by atoms with Crippen LogP contribution < -0.4 is 10.2 Å². The van der Waals surface area contributed by atoms with E-state index in [2.05, 4.69) is 10.2 Å². The Bertz CT molecular complexity index is 720. The second-order valence-electron chi connectivity index (χ2n) is 5.90. The molecule has 0 saturated carbocycles. The molecule has 5 heteroatoms. The summed E-state index contributed by atoms with van der Waals surface area (Å²) in [5.74, 6) is 0.110. The quantitative estimate of drug-likeness (QED) is 0.880. The molecule has 1 N–H and O–H groups in total. The Kier molecular flexibility index (Phi) is 4.79. The number of piperazine rings is 1. The summed E-state index contributed by atoms with van der Waals surface area (Å²) >= 11 is 0. The second kappa shape index (κ2) is 7.17. The number of carbonyl (C=O) groups excluding carboxylic acids is 2. The Morgan fingerprint density at radius 3 is 2.29 bits per heavy atom. The molecule has 0 aromatic heterocycles. The number of benzene rings is 2. The molecule has 0 radical (unpaired) electrons. The van der Waals surface area contributed by atoms with Gasteiger partial charge in [-0.25, -0.2) is 0 Å². The van der Waals surface area contributed by atoms with E-state index in [0.29, 0.717) is 19.5 Å². The number of hydrogen-bond acceptors (Lipinski definition) is 3. The van der Waals surface area contributed by atoms with Crippen molar-refractivity contribution in [3.63, 3.8) is 0 Å². The Balaban J connectivity index is 1.62. The van der Waals surface area contributed by atoms with E-state index >= 15 is 0 Å². The number of rotatable bonds is 4. The maximum absolute atomic E-state index is 12.6. The van der Waals surface area contributed by atoms with Gasteiger partial charge in [-0.3, -0.25) is 9.59 Å². The molecule has 0 unspecified atom stereocenters. The van der Waals surface area contributed by atoms with Gasteiger partial charge in [0, 0.05) is 43.1 Å². The fourth-order valence-corrected chi connectivity index (χ4v) is 2.99. The van der Waals surface area contributed by atoms with Crippen molar-refractivity contribution >= 4 is 23.7 Å². The van der Waals surface area contributed by atoms with Gasteiger partial charge in [-0.15, -0.1) is 0 Å². The molecular weight excluding hydrogens is 302 g/mol. The molecule has 1 aliphatic heterocycles. The van der Waals surface area contributed by atoms with Crippen LogP contribution in [0.15, 0.2) is 48.5 Å². The van der Waals surface area contributed by atoms with Crippen LogP contribution in [0.5, 0.6) is 0 Å². The van der Waals surface area contributed by atoms with Crippen molar-refractivity contribution in [2.75, 3.05) is 36.4 Å². The zero-order valence-corrected chi connectivity index (χ0v) is 13.7. The van der Waals surface area contributed by atoms with Gasteiger partial charge in [0.25, 0.3) is 5.91 Å². The number of hydrogen-bond donors (Lipinski definition) is 1. The van der Waals surface area contributed by atoms with Crippen molar-refractivity contribution < 1.29 is 9.59 Å². The van der Waals surface area contributed by atoms with Crippen LogP contribution in [0.25, 0.3) is 0 Å². The highest BCUT2D eigenvalue weighted by atomic mass is 16.2. The first-order chi connectivity index (χ1) is 11.7. The highest BCUT2D eigenvalue weighted by molar-refractivity contribution is 5.95. The van der Waals surface area contributed by atoms with Gasteiger partial charge in [-0.2, -0.15) is 0 Å². The summed E-state index contributed by atoms with van der Waals surface area (Å²) in [6.07, 6.45) is 0.672. The van der Waals surface area contributed by atoms with Gasteiger partial charge >= 0.3 is 0 Å². The highest BCUT2D eigenvalue weighted by Gasteiger charge is 2.23. The number of carbonyl (C=O) groups is 2. The molecule has 2 aromatic carbocycles. The molecule has 1 saturated heterocycles. The molecule has 0 aliphatic carbocycles. The van der Waals surface area contributed by atoms with Crippen LogP contribution >= 0.6 is 0 Å². The zero-order chi connectivity index (χ0) is 16.9. The fourth-order valence-electron chi connectivity index (χ4n) is 2.99. The van der Waals surface area contributed by atoms with Gasteiger partial charge in [0.15, 0.2) is 0 Å². The summed E-state index contributed by atoms with van der Waals surface area (Å²) in [4.78, 5) is 27.3. The summed E-state index contributed by atoms with van der Waals surface area (Å²) in [6, 6.07) is 15.5. The topological polar surface area (TPSA) is 52.7 Å². The molecule has 2 aromatic rings. The minimum Gasteiger partial charge on any atom is -0.368 e. The maximum Gasteiger partial charge on any atom is 0.254 e. The number of nitrogens with zero attached hydrogens (tertiary/aromatic N) is 2. The van der Waals surface area contributed by atoms with E-state index < -0.39 is 0 Å². The molecule has 1 heterocycles. The van der Waals surface area contributed by atoms with Crippen molar-refractivity contribution in [1.82, 2.24) is 4.90 Å². The standard InChI is InChI=1S/C19H21N3O2/c1-15-4-2-3-5-18(15)19(24)22-12-10-21(11-13-22)17-8-6-16(7-9-17)20-14-23/h2-9,14H,10-13H2,1H3,(H,20,23). The first-order valence-corrected chi connectivity index (χ1v) is 8.09. The van der Waals surface area contributed by atoms with E-state index in [4.69, 9.17) is 0 Å². The predicted molar refractivity (Wildman–Crippen MR) is 95.4 cm³/mol. The summed E-state index contributed by atoms with van der Waals surface area (Å²) in [7, 11) is 0. The van der Waals surface area contributed by atoms with Gasteiger partial charge < -0.3 is 15.1 Å². The largest absolute Gasteiger partial charge is 0.368 e. The summed E-state index contributed by atoms with van der Waals surface area (Å²) in [6.45, 7) is 5.00. The smallest absolute Gasteiger partial charge is 0.254 e. The van der Waals surface area contributed by atoms with Crippen LogP contribution in [-0.4, -0.2) is 43.4 Å². The average Bonchev–Trinajstić information content (AvgIpc) is 2.63. The SMILES string of the molecule is Cc1ccccc1C(=O)N1CCN(c2ccc(NC=O)cc2)CC1. The van der Waals surface area contributed by atoms with Crippen LogP contribution in [0.2, 0.25) is 0 Å². The number of anilines is 2. The first kappa shape index (κ1) is 16.1. The molecule has 3 rings (SSSR count). The molecule has 0 atom stereocenters. The van der Waals surface area contributed by atoms with Gasteiger partial charge in [-0.05, 0) is 42.8 Å². The summed E-state index contributed by atoms with van der Waals surface area (Å²) < 4.78 is 0. The van der Waals surface area contributed by atoms with Gasteiger partial charge in [0.05, 0.1) is 0 Å². The van der Waals surface area contributed by atoms with E-state index in [1.165, 1.54) is 0 Å². The van der Waals surface area contributed by atoms with E-state index in [0.717, 1.165) is 35.6 Å². The normalized spacial score (nSPS) is 14.4. The van der Waals surface area contributed by atoms with Crippen LogP contribution in [-0.2, 0) is 4.79 Å². The lowest BCUT2D eigenvalue weighted by molar-refractivity contribution is -0.105. The first-order valence-electron chi connectivity index (χ1n) is 8.09. The minimum absolute atomic E-state index is 0.110. The molecule has 0 bridgehead atoms. The second-order valence-corrected chi connectivity index (χ2v) is 5.90. The summed E-state index contributed by atoms with van der Waals surface area (Å²) in [5.41, 5.74) is 3.69. The third-order valence-electron chi connectivity index (χ3n) is 4.40. The monoisotopic (exact) mass is 323 g/mol. The maximum atomic E-state index is 12.6. The Labute approximate surface area is 141 Å². The van der Waals surface area contributed by atoms with Crippen molar-refractivity contribution in [1.29, 1.82) is 0 Å². The molecule has 24 heavy (non-hydrogen) atoms. The molecule has 124 valence electrons. The minimum atomic E-state index is 0.110. The average molecular weight is 323 g/mol. The highest BCUT2D eigenvalue weighted by Crippen LogP contribution is 2.20. The van der Waals surface area contributed by atoms with E-state index in [1.807, 2.05) is 60.4 Å². The summed E-state index contributed by atoms with van der Waals surface area (Å²) in [5, 5.41) is 2.63. The van der Waals surface area contributed by atoms with Crippen LogP contribution in [0.4, 0.5) is 11.4 Å². The third kappa shape index (κ3) is 3.40. The predicted octanol–water partition coefficient (Wildman–Crippen LogP) is 2.53. The molecule has 0 spiro atoms. The van der Waals surface area contributed by atoms with E-state index in [9.17, 15) is 9.59 Å². The fraction of sp³-hybridized carbons (Fsp3) is 0.263. The van der Waals surface area contributed by atoms with Crippen molar-refractivity contribution in [2.24, 2.45) is 0 Å². The lowest BCUT2D eigenvalue weighted by Gasteiger charge is -2.36.